The van der Waals surface area contributed by atoms with Crippen LogP contribution in [0.25, 0.3) is 0 Å². The van der Waals surface area contributed by atoms with Crippen LogP contribution in [0.5, 0.6) is 5.75 Å². The molecule has 1 amide bonds. The molecule has 0 aliphatic carbocycles. The molecule has 6 nitrogen and oxygen atoms in total. The zero-order chi connectivity index (χ0) is 22.5. The molecule has 0 aromatic heterocycles. The van der Waals surface area contributed by atoms with Crippen LogP contribution in [0.2, 0.25) is 0 Å². The van der Waals surface area contributed by atoms with Crippen molar-refractivity contribution in [3.63, 3.8) is 0 Å². The Bertz CT molecular complexity index is 987. The molecular weight excluding hydrogens is 407 g/mol. The summed E-state index contributed by atoms with van der Waals surface area (Å²) < 4.78 is 45.2. The molecule has 0 aliphatic rings. The fourth-order valence-corrected chi connectivity index (χ4v) is 4.28. The van der Waals surface area contributed by atoms with Gasteiger partial charge in [-0.25, -0.2) is 12.8 Å². The molecule has 8 heteroatoms. The van der Waals surface area contributed by atoms with Crippen LogP contribution in [0.3, 0.4) is 0 Å². The summed E-state index contributed by atoms with van der Waals surface area (Å²) >= 11 is 0. The van der Waals surface area contributed by atoms with Crippen molar-refractivity contribution in [2.75, 3.05) is 23.7 Å². The Balaban J connectivity index is 2.03. The fourth-order valence-electron chi connectivity index (χ4n) is 3.11. The number of nitrogens with zero attached hydrogens (tertiary/aromatic N) is 1. The van der Waals surface area contributed by atoms with E-state index in [4.69, 9.17) is 4.74 Å². The van der Waals surface area contributed by atoms with Crippen LogP contribution in [0, 0.1) is 5.82 Å². The van der Waals surface area contributed by atoms with Crippen molar-refractivity contribution >= 4 is 21.6 Å². The highest BCUT2D eigenvalue weighted by molar-refractivity contribution is 7.92. The molecule has 1 N–H and O–H groups in total. The number of carbonyl (C=O) groups is 1. The molecule has 2 aromatic carbocycles. The Morgan fingerprint density at radius 3 is 2.33 bits per heavy atom. The number of halogens is 1. The van der Waals surface area contributed by atoms with Crippen LogP contribution >= 0.6 is 0 Å². The second kappa shape index (κ2) is 9.47. The summed E-state index contributed by atoms with van der Waals surface area (Å²) in [5, 5.41) is 2.66. The predicted octanol–water partition coefficient (Wildman–Crippen LogP) is 3.47. The molecule has 2 aromatic rings. The first-order valence-electron chi connectivity index (χ1n) is 9.67. The molecule has 0 spiro atoms. The van der Waals surface area contributed by atoms with E-state index < -0.39 is 27.8 Å². The number of carbonyl (C=O) groups excluding carboxylic acids is 1. The SMILES string of the molecule is C[C@@H](C(=O)NCCOc1ccccc1C(C)(C)C)N(c1ccccc1F)S(C)(=O)=O. The minimum absolute atomic E-state index is 0.0932. The predicted molar refractivity (Wildman–Crippen MR) is 117 cm³/mol. The van der Waals surface area contributed by atoms with E-state index in [2.05, 4.69) is 26.1 Å². The van der Waals surface area contributed by atoms with Crippen molar-refractivity contribution in [1.29, 1.82) is 0 Å². The molecule has 0 unspecified atom stereocenters. The average molecular weight is 437 g/mol. The number of nitrogens with one attached hydrogen (secondary N) is 1. The number of benzene rings is 2. The number of para-hydroxylation sites is 2. The molecule has 0 bridgehead atoms. The summed E-state index contributed by atoms with van der Waals surface area (Å²) in [6.45, 7) is 8.06. The van der Waals surface area contributed by atoms with Crippen molar-refractivity contribution in [3.05, 3.63) is 59.9 Å². The minimum atomic E-state index is -3.88. The van der Waals surface area contributed by atoms with Gasteiger partial charge in [0, 0.05) is 0 Å². The third kappa shape index (κ3) is 5.95. The Hall–Kier alpha value is -2.61. The zero-order valence-corrected chi connectivity index (χ0v) is 18.8. The summed E-state index contributed by atoms with van der Waals surface area (Å²) in [5.41, 5.74) is 0.787. The number of ether oxygens (including phenoxy) is 1. The van der Waals surface area contributed by atoms with Crippen molar-refractivity contribution < 1.29 is 22.3 Å². The normalized spacial score (nSPS) is 12.9. The smallest absolute Gasteiger partial charge is 0.243 e. The Morgan fingerprint density at radius 1 is 1.13 bits per heavy atom. The molecule has 0 saturated heterocycles. The fraction of sp³-hybridized carbons (Fsp3) is 0.409. The van der Waals surface area contributed by atoms with Gasteiger partial charge < -0.3 is 10.1 Å². The molecule has 0 radical (unpaired) electrons. The van der Waals surface area contributed by atoms with Crippen molar-refractivity contribution in [1.82, 2.24) is 5.32 Å². The van der Waals surface area contributed by atoms with Crippen LogP contribution < -0.4 is 14.4 Å². The lowest BCUT2D eigenvalue weighted by Gasteiger charge is -2.28. The largest absolute Gasteiger partial charge is 0.491 e. The van der Waals surface area contributed by atoms with Crippen LogP contribution in [0.4, 0.5) is 10.1 Å². The first-order valence-corrected chi connectivity index (χ1v) is 11.5. The maximum Gasteiger partial charge on any atom is 0.243 e. The van der Waals surface area contributed by atoms with E-state index >= 15 is 0 Å². The highest BCUT2D eigenvalue weighted by Gasteiger charge is 2.30. The van der Waals surface area contributed by atoms with Gasteiger partial charge in [0.2, 0.25) is 15.9 Å². The molecule has 30 heavy (non-hydrogen) atoms. The van der Waals surface area contributed by atoms with Gasteiger partial charge in [-0.05, 0) is 36.1 Å². The number of sulfonamides is 1. The Morgan fingerprint density at radius 2 is 1.73 bits per heavy atom. The third-order valence-electron chi connectivity index (χ3n) is 4.53. The van der Waals surface area contributed by atoms with E-state index in [-0.39, 0.29) is 24.3 Å². The first kappa shape index (κ1) is 23.7. The molecule has 0 fully saturated rings. The lowest BCUT2D eigenvalue weighted by molar-refractivity contribution is -0.121. The molecule has 2 rings (SSSR count). The lowest BCUT2D eigenvalue weighted by atomic mass is 9.86. The maximum absolute atomic E-state index is 14.2. The summed E-state index contributed by atoms with van der Waals surface area (Å²) in [4.78, 5) is 12.6. The molecule has 0 saturated carbocycles. The highest BCUT2D eigenvalue weighted by atomic mass is 32.2. The van der Waals surface area contributed by atoms with Crippen LogP contribution in [-0.4, -0.2) is 39.8 Å². The van der Waals surface area contributed by atoms with Gasteiger partial charge in [0.05, 0.1) is 18.5 Å². The van der Waals surface area contributed by atoms with Crippen molar-refractivity contribution in [3.8, 4) is 5.75 Å². The minimum Gasteiger partial charge on any atom is -0.491 e. The van der Waals surface area contributed by atoms with E-state index in [1.165, 1.54) is 25.1 Å². The summed E-state index contributed by atoms with van der Waals surface area (Å²) in [6.07, 6.45) is 0.940. The number of rotatable bonds is 8. The number of hydrogen-bond acceptors (Lipinski definition) is 4. The summed E-state index contributed by atoms with van der Waals surface area (Å²) in [7, 11) is -3.88. The van der Waals surface area contributed by atoms with E-state index in [0.717, 1.165) is 27.9 Å². The molecule has 0 aliphatic heterocycles. The van der Waals surface area contributed by atoms with E-state index in [0.29, 0.717) is 0 Å². The van der Waals surface area contributed by atoms with Gasteiger partial charge in [-0.3, -0.25) is 9.10 Å². The molecular formula is C22H29FN2O4S. The van der Waals surface area contributed by atoms with Gasteiger partial charge in [0.1, 0.15) is 24.2 Å². The van der Waals surface area contributed by atoms with Gasteiger partial charge in [-0.1, -0.05) is 51.1 Å². The molecule has 1 atom stereocenters. The topological polar surface area (TPSA) is 75.7 Å². The quantitative estimate of drug-likeness (QED) is 0.643. The average Bonchev–Trinajstić information content (AvgIpc) is 2.65. The first-order chi connectivity index (χ1) is 13.9. The van der Waals surface area contributed by atoms with Crippen LogP contribution in [0.15, 0.2) is 48.5 Å². The van der Waals surface area contributed by atoms with Gasteiger partial charge >= 0.3 is 0 Å². The highest BCUT2D eigenvalue weighted by Crippen LogP contribution is 2.30. The van der Waals surface area contributed by atoms with Gasteiger partial charge in [-0.15, -0.1) is 0 Å². The standard InChI is InChI=1S/C22H29FN2O4S/c1-16(25(30(5,27)28)19-12-8-7-11-18(19)23)21(26)24-14-15-29-20-13-9-6-10-17(20)22(2,3)4/h6-13,16H,14-15H2,1-5H3,(H,24,26)/t16-/m0/s1. The van der Waals surface area contributed by atoms with Gasteiger partial charge in [0.25, 0.3) is 0 Å². The monoisotopic (exact) mass is 436 g/mol. The second-order valence-corrected chi connectivity index (χ2v) is 9.93. The lowest BCUT2D eigenvalue weighted by Crippen LogP contribution is -2.48. The Labute approximate surface area is 178 Å². The Kier molecular flexibility index (Phi) is 7.47. The number of hydrogen-bond donors (Lipinski definition) is 1. The van der Waals surface area contributed by atoms with Gasteiger partial charge in [-0.2, -0.15) is 0 Å². The maximum atomic E-state index is 14.2. The van der Waals surface area contributed by atoms with E-state index in [9.17, 15) is 17.6 Å². The van der Waals surface area contributed by atoms with Crippen molar-refractivity contribution in [2.24, 2.45) is 0 Å². The summed E-state index contributed by atoms with van der Waals surface area (Å²) in [5.74, 6) is -0.530. The molecule has 0 heterocycles. The summed E-state index contributed by atoms with van der Waals surface area (Å²) in [6, 6.07) is 12.0. The molecule has 164 valence electrons. The number of anilines is 1. The third-order valence-corrected chi connectivity index (χ3v) is 5.76. The van der Waals surface area contributed by atoms with Gasteiger partial charge in [0.15, 0.2) is 0 Å². The van der Waals surface area contributed by atoms with Crippen molar-refractivity contribution in [2.45, 2.75) is 39.2 Å². The van der Waals surface area contributed by atoms with E-state index in [1.54, 1.807) is 0 Å². The van der Waals surface area contributed by atoms with Crippen LogP contribution in [-0.2, 0) is 20.2 Å². The number of amides is 1. The van der Waals surface area contributed by atoms with E-state index in [1.807, 2.05) is 24.3 Å². The van der Waals surface area contributed by atoms with Crippen LogP contribution in [0.1, 0.15) is 33.3 Å². The zero-order valence-electron chi connectivity index (χ0n) is 18.0. The second-order valence-electron chi connectivity index (χ2n) is 8.07.